The maximum atomic E-state index is 11.9. The lowest BCUT2D eigenvalue weighted by molar-refractivity contribution is -0.128. The number of carbonyl (C=O) groups is 2. The van der Waals surface area contributed by atoms with Crippen molar-refractivity contribution in [2.24, 2.45) is 7.05 Å². The molecule has 0 aromatic carbocycles. The standard InChI is InChI=1S/C11H17N3O5S/c1-4-13(2)10(15)6-12-20(18,19)8-5-9(11(16)17)14(3)7-8/h5,7,12H,4,6H2,1-3H3,(H,16,17). The highest BCUT2D eigenvalue weighted by atomic mass is 32.2. The zero-order valence-corrected chi connectivity index (χ0v) is 12.3. The van der Waals surface area contributed by atoms with Crippen molar-refractivity contribution in [3.8, 4) is 0 Å². The number of amides is 1. The second-order valence-corrected chi connectivity index (χ2v) is 5.98. The smallest absolute Gasteiger partial charge is 0.352 e. The van der Waals surface area contributed by atoms with E-state index in [9.17, 15) is 18.0 Å². The first-order chi connectivity index (χ1) is 9.19. The Morgan fingerprint density at radius 3 is 2.50 bits per heavy atom. The summed E-state index contributed by atoms with van der Waals surface area (Å²) in [7, 11) is -0.928. The van der Waals surface area contributed by atoms with Gasteiger partial charge in [-0.05, 0) is 13.0 Å². The predicted molar refractivity (Wildman–Crippen MR) is 70.9 cm³/mol. The first-order valence-electron chi connectivity index (χ1n) is 5.82. The quantitative estimate of drug-likeness (QED) is 0.735. The van der Waals surface area contributed by atoms with Crippen LogP contribution in [0.25, 0.3) is 0 Å². The number of hydrogen-bond acceptors (Lipinski definition) is 4. The summed E-state index contributed by atoms with van der Waals surface area (Å²) in [6.45, 7) is 1.86. The number of carboxylic acid groups (broad SMARTS) is 1. The second-order valence-electron chi connectivity index (χ2n) is 4.21. The fraction of sp³-hybridized carbons (Fsp3) is 0.455. The number of carboxylic acids is 1. The minimum atomic E-state index is -3.91. The molecule has 1 aromatic rings. The van der Waals surface area contributed by atoms with Crippen molar-refractivity contribution in [3.05, 3.63) is 18.0 Å². The molecule has 0 radical (unpaired) electrons. The van der Waals surface area contributed by atoms with Gasteiger partial charge in [-0.2, -0.15) is 0 Å². The Morgan fingerprint density at radius 2 is 2.05 bits per heavy atom. The van der Waals surface area contributed by atoms with Crippen molar-refractivity contribution in [1.82, 2.24) is 14.2 Å². The summed E-state index contributed by atoms with van der Waals surface area (Å²) in [5.41, 5.74) is -0.151. The van der Waals surface area contributed by atoms with Crippen molar-refractivity contribution in [2.45, 2.75) is 11.8 Å². The number of hydrogen-bond donors (Lipinski definition) is 2. The van der Waals surface area contributed by atoms with E-state index in [1.807, 2.05) is 0 Å². The van der Waals surface area contributed by atoms with E-state index in [-0.39, 0.29) is 23.0 Å². The van der Waals surface area contributed by atoms with E-state index >= 15 is 0 Å². The fourth-order valence-electron chi connectivity index (χ4n) is 1.45. The van der Waals surface area contributed by atoms with Crippen LogP contribution >= 0.6 is 0 Å². The molecule has 20 heavy (non-hydrogen) atoms. The van der Waals surface area contributed by atoms with Gasteiger partial charge in [0.2, 0.25) is 15.9 Å². The highest BCUT2D eigenvalue weighted by molar-refractivity contribution is 7.89. The van der Waals surface area contributed by atoms with Crippen LogP contribution in [0, 0.1) is 0 Å². The van der Waals surface area contributed by atoms with Gasteiger partial charge in [0.15, 0.2) is 0 Å². The minimum Gasteiger partial charge on any atom is -0.477 e. The Morgan fingerprint density at radius 1 is 1.45 bits per heavy atom. The zero-order chi connectivity index (χ0) is 15.5. The molecule has 0 saturated heterocycles. The molecule has 0 aliphatic rings. The summed E-state index contributed by atoms with van der Waals surface area (Å²) in [5.74, 6) is -1.60. The molecule has 0 bridgehead atoms. The molecule has 8 nitrogen and oxygen atoms in total. The van der Waals surface area contributed by atoms with E-state index in [2.05, 4.69) is 4.72 Å². The zero-order valence-electron chi connectivity index (χ0n) is 11.5. The number of aromatic carboxylic acids is 1. The number of sulfonamides is 1. The maximum Gasteiger partial charge on any atom is 0.352 e. The van der Waals surface area contributed by atoms with Gasteiger partial charge >= 0.3 is 5.97 Å². The fourth-order valence-corrected chi connectivity index (χ4v) is 2.49. The molecule has 0 saturated carbocycles. The van der Waals surface area contributed by atoms with Gasteiger partial charge in [0, 0.05) is 26.8 Å². The van der Waals surface area contributed by atoms with Crippen molar-refractivity contribution in [3.63, 3.8) is 0 Å². The number of aryl methyl sites for hydroxylation is 1. The number of likely N-dealkylation sites (N-methyl/N-ethyl adjacent to an activating group) is 1. The SMILES string of the molecule is CCN(C)C(=O)CNS(=O)(=O)c1cc(C(=O)O)n(C)c1. The summed E-state index contributed by atoms with van der Waals surface area (Å²) in [4.78, 5) is 23.6. The van der Waals surface area contributed by atoms with Gasteiger partial charge in [0.05, 0.1) is 6.54 Å². The predicted octanol–water partition coefficient (Wildman–Crippen LogP) is -0.520. The molecule has 0 aliphatic carbocycles. The Hall–Kier alpha value is -1.87. The third kappa shape index (κ3) is 3.58. The number of carbonyl (C=O) groups excluding carboxylic acids is 1. The van der Waals surface area contributed by atoms with Crippen LogP contribution in [0.4, 0.5) is 0 Å². The summed E-state index contributed by atoms with van der Waals surface area (Å²) in [6.07, 6.45) is 1.18. The van der Waals surface area contributed by atoms with Crippen LogP contribution in [0.1, 0.15) is 17.4 Å². The van der Waals surface area contributed by atoms with Crippen LogP contribution in [-0.2, 0) is 21.9 Å². The molecule has 1 amide bonds. The van der Waals surface area contributed by atoms with E-state index in [4.69, 9.17) is 5.11 Å². The molecule has 1 aromatic heterocycles. The lowest BCUT2D eigenvalue weighted by atomic mass is 10.4. The van der Waals surface area contributed by atoms with Gasteiger partial charge in [0.1, 0.15) is 10.6 Å². The van der Waals surface area contributed by atoms with Crippen molar-refractivity contribution in [1.29, 1.82) is 0 Å². The molecular formula is C11H17N3O5S. The molecule has 0 spiro atoms. The van der Waals surface area contributed by atoms with Crippen molar-refractivity contribution in [2.75, 3.05) is 20.1 Å². The van der Waals surface area contributed by atoms with Gasteiger partial charge in [-0.3, -0.25) is 4.79 Å². The van der Waals surface area contributed by atoms with E-state index in [1.165, 1.54) is 22.7 Å². The number of nitrogens with one attached hydrogen (secondary N) is 1. The normalized spacial score (nSPS) is 11.3. The lowest BCUT2D eigenvalue weighted by Gasteiger charge is -2.14. The van der Waals surface area contributed by atoms with Crippen LogP contribution in [0.2, 0.25) is 0 Å². The van der Waals surface area contributed by atoms with E-state index < -0.39 is 16.0 Å². The maximum absolute atomic E-state index is 11.9. The molecule has 0 unspecified atom stereocenters. The number of nitrogens with zero attached hydrogens (tertiary/aromatic N) is 2. The summed E-state index contributed by atoms with van der Waals surface area (Å²) < 4.78 is 27.2. The van der Waals surface area contributed by atoms with Crippen LogP contribution in [0.3, 0.4) is 0 Å². The summed E-state index contributed by atoms with van der Waals surface area (Å²) in [5, 5.41) is 8.87. The molecule has 1 rings (SSSR count). The van der Waals surface area contributed by atoms with Crippen LogP contribution in [-0.4, -0.2) is 55.0 Å². The Labute approximate surface area is 117 Å². The number of aromatic nitrogens is 1. The average molecular weight is 303 g/mol. The van der Waals surface area contributed by atoms with Crippen molar-refractivity contribution >= 4 is 21.9 Å². The van der Waals surface area contributed by atoms with E-state index in [1.54, 1.807) is 14.0 Å². The van der Waals surface area contributed by atoms with Crippen LogP contribution in [0.15, 0.2) is 17.2 Å². The van der Waals surface area contributed by atoms with Gasteiger partial charge in [-0.25, -0.2) is 17.9 Å². The molecule has 9 heteroatoms. The Bertz CT molecular complexity index is 620. The third-order valence-electron chi connectivity index (χ3n) is 2.82. The highest BCUT2D eigenvalue weighted by Gasteiger charge is 2.21. The monoisotopic (exact) mass is 303 g/mol. The van der Waals surface area contributed by atoms with E-state index in [0.29, 0.717) is 6.54 Å². The molecule has 0 atom stereocenters. The van der Waals surface area contributed by atoms with Gasteiger partial charge < -0.3 is 14.6 Å². The number of rotatable bonds is 6. The minimum absolute atomic E-state index is 0.151. The first-order valence-corrected chi connectivity index (χ1v) is 7.30. The third-order valence-corrected chi connectivity index (χ3v) is 4.19. The summed E-state index contributed by atoms with van der Waals surface area (Å²) in [6, 6.07) is 1.04. The lowest BCUT2D eigenvalue weighted by Crippen LogP contribution is -2.37. The first kappa shape index (κ1) is 16.2. The van der Waals surface area contributed by atoms with Gasteiger partial charge in [0.25, 0.3) is 0 Å². The molecular weight excluding hydrogens is 286 g/mol. The summed E-state index contributed by atoms with van der Waals surface area (Å²) >= 11 is 0. The van der Waals surface area contributed by atoms with Crippen molar-refractivity contribution < 1.29 is 23.1 Å². The Kier molecular flexibility index (Phi) is 4.90. The van der Waals surface area contributed by atoms with Gasteiger partial charge in [-0.1, -0.05) is 0 Å². The Balaban J connectivity index is 2.87. The topological polar surface area (TPSA) is 109 Å². The largest absolute Gasteiger partial charge is 0.477 e. The second kappa shape index (κ2) is 6.06. The van der Waals surface area contributed by atoms with Crippen LogP contribution < -0.4 is 4.72 Å². The van der Waals surface area contributed by atoms with Crippen LogP contribution in [0.5, 0.6) is 0 Å². The molecule has 112 valence electrons. The van der Waals surface area contributed by atoms with Gasteiger partial charge in [-0.15, -0.1) is 0 Å². The molecule has 0 aliphatic heterocycles. The average Bonchev–Trinajstić information content (AvgIpc) is 2.78. The molecule has 1 heterocycles. The highest BCUT2D eigenvalue weighted by Crippen LogP contribution is 2.13. The molecule has 2 N–H and O–H groups in total. The van der Waals surface area contributed by atoms with E-state index in [0.717, 1.165) is 6.07 Å². The molecule has 0 fully saturated rings.